The number of aromatic nitrogens is 3. The van der Waals surface area contributed by atoms with Crippen molar-refractivity contribution >= 4 is 22.6 Å². The number of nitrogens with zero attached hydrogens (tertiary/aromatic N) is 5. The molecular formula is C25H25N5O. The highest BCUT2D eigenvalue weighted by Crippen LogP contribution is 2.20. The normalized spacial score (nSPS) is 14.8. The molecule has 4 heterocycles. The van der Waals surface area contributed by atoms with Gasteiger partial charge in [-0.3, -0.25) is 4.79 Å². The molecule has 1 fully saturated rings. The fraction of sp³-hybridized carbons (Fsp3) is 0.240. The van der Waals surface area contributed by atoms with E-state index in [-0.39, 0.29) is 5.78 Å². The molecule has 0 aliphatic carbocycles. The first kappa shape index (κ1) is 19.5. The summed E-state index contributed by atoms with van der Waals surface area (Å²) in [5, 5.41) is 1.09. The number of carbonyl (C=O) groups is 1. The lowest BCUT2D eigenvalue weighted by atomic mass is 10.0. The molecule has 156 valence electrons. The number of pyridine rings is 2. The van der Waals surface area contributed by atoms with Crippen molar-refractivity contribution in [3.05, 3.63) is 84.3 Å². The minimum atomic E-state index is 0.0937. The maximum atomic E-state index is 12.8. The second kappa shape index (κ2) is 8.32. The predicted molar refractivity (Wildman–Crippen MR) is 123 cm³/mol. The first-order valence-electron chi connectivity index (χ1n) is 10.6. The van der Waals surface area contributed by atoms with Gasteiger partial charge in [-0.2, -0.15) is 0 Å². The summed E-state index contributed by atoms with van der Waals surface area (Å²) >= 11 is 0. The standard InChI is InChI=1S/C25H25N5O/c1-28-13-15-29(16-14-28)24-9-4-19(18-27-24)17-23(31)20-5-7-22(8-6-20)30-12-10-21-3-2-11-26-25(21)30/h2-12,18H,13-17H2,1H3. The number of fused-ring (bicyclic) bond motifs is 1. The summed E-state index contributed by atoms with van der Waals surface area (Å²) in [7, 11) is 2.14. The average Bonchev–Trinajstić information content (AvgIpc) is 3.24. The maximum Gasteiger partial charge on any atom is 0.167 e. The first-order valence-corrected chi connectivity index (χ1v) is 10.6. The molecule has 0 amide bonds. The van der Waals surface area contributed by atoms with Gasteiger partial charge in [0.1, 0.15) is 11.5 Å². The highest BCUT2D eigenvalue weighted by atomic mass is 16.1. The molecule has 0 bridgehead atoms. The monoisotopic (exact) mass is 411 g/mol. The van der Waals surface area contributed by atoms with Crippen LogP contribution >= 0.6 is 0 Å². The molecule has 1 saturated heterocycles. The van der Waals surface area contributed by atoms with E-state index in [0.29, 0.717) is 12.0 Å². The van der Waals surface area contributed by atoms with E-state index in [9.17, 15) is 4.79 Å². The van der Waals surface area contributed by atoms with Crippen molar-refractivity contribution in [2.45, 2.75) is 6.42 Å². The maximum absolute atomic E-state index is 12.8. The molecule has 0 unspecified atom stereocenters. The van der Waals surface area contributed by atoms with Crippen LogP contribution in [0.1, 0.15) is 15.9 Å². The van der Waals surface area contributed by atoms with Gasteiger partial charge < -0.3 is 14.4 Å². The van der Waals surface area contributed by atoms with Crippen molar-refractivity contribution in [2.75, 3.05) is 38.1 Å². The van der Waals surface area contributed by atoms with Gasteiger partial charge in [0.05, 0.1) is 0 Å². The highest BCUT2D eigenvalue weighted by molar-refractivity contribution is 5.97. The number of piperazine rings is 1. The molecule has 5 rings (SSSR count). The van der Waals surface area contributed by atoms with Gasteiger partial charge in [0.25, 0.3) is 0 Å². The molecule has 31 heavy (non-hydrogen) atoms. The molecule has 0 saturated carbocycles. The van der Waals surface area contributed by atoms with Crippen molar-refractivity contribution in [2.24, 2.45) is 0 Å². The number of rotatable bonds is 5. The molecule has 0 spiro atoms. The largest absolute Gasteiger partial charge is 0.354 e. The first-order chi connectivity index (χ1) is 15.2. The van der Waals surface area contributed by atoms with E-state index in [1.807, 2.05) is 71.6 Å². The minimum Gasteiger partial charge on any atom is -0.354 e. The van der Waals surface area contributed by atoms with Crippen molar-refractivity contribution in [3.8, 4) is 5.69 Å². The van der Waals surface area contributed by atoms with Gasteiger partial charge in [0, 0.05) is 67.8 Å². The number of ketones is 1. The molecule has 1 aliphatic heterocycles. The third-order valence-corrected chi connectivity index (χ3v) is 5.92. The van der Waals surface area contributed by atoms with E-state index in [4.69, 9.17) is 0 Å². The summed E-state index contributed by atoms with van der Waals surface area (Å²) in [6.07, 6.45) is 5.97. The molecular weight excluding hydrogens is 386 g/mol. The van der Waals surface area contributed by atoms with Gasteiger partial charge in [-0.25, -0.2) is 9.97 Å². The topological polar surface area (TPSA) is 54.3 Å². The summed E-state index contributed by atoms with van der Waals surface area (Å²) in [4.78, 5) is 26.5. The fourth-order valence-electron chi connectivity index (χ4n) is 4.01. The smallest absolute Gasteiger partial charge is 0.167 e. The van der Waals surface area contributed by atoms with E-state index in [1.54, 1.807) is 6.20 Å². The van der Waals surface area contributed by atoms with E-state index in [0.717, 1.165) is 54.3 Å². The van der Waals surface area contributed by atoms with Crippen LogP contribution < -0.4 is 4.90 Å². The summed E-state index contributed by atoms with van der Waals surface area (Å²) in [6.45, 7) is 4.07. The van der Waals surface area contributed by atoms with Gasteiger partial charge >= 0.3 is 0 Å². The van der Waals surface area contributed by atoms with Crippen LogP contribution in [0, 0.1) is 0 Å². The Morgan fingerprint density at radius 2 is 1.74 bits per heavy atom. The van der Waals surface area contributed by atoms with Crippen LogP contribution in [0.4, 0.5) is 5.82 Å². The van der Waals surface area contributed by atoms with Crippen molar-refractivity contribution in [3.63, 3.8) is 0 Å². The Kier molecular flexibility index (Phi) is 5.22. The number of benzene rings is 1. The SMILES string of the molecule is CN1CCN(c2ccc(CC(=O)c3ccc(-n4ccc5cccnc54)cc3)cn2)CC1. The minimum absolute atomic E-state index is 0.0937. The second-order valence-corrected chi connectivity index (χ2v) is 8.06. The van der Waals surface area contributed by atoms with Gasteiger partial charge in [-0.05, 0) is 61.1 Å². The Hall–Kier alpha value is -3.51. The van der Waals surface area contributed by atoms with Crippen LogP contribution in [-0.2, 0) is 6.42 Å². The molecule has 6 heteroatoms. The number of anilines is 1. The molecule has 1 aromatic carbocycles. The zero-order chi connectivity index (χ0) is 21.2. The zero-order valence-electron chi connectivity index (χ0n) is 17.6. The number of carbonyl (C=O) groups excluding carboxylic acids is 1. The van der Waals surface area contributed by atoms with Crippen LogP contribution in [-0.4, -0.2) is 58.4 Å². The van der Waals surface area contributed by atoms with Crippen LogP contribution in [0.5, 0.6) is 0 Å². The molecule has 3 aromatic heterocycles. The highest BCUT2D eigenvalue weighted by Gasteiger charge is 2.15. The molecule has 1 aliphatic rings. The Morgan fingerprint density at radius 3 is 2.48 bits per heavy atom. The van der Waals surface area contributed by atoms with E-state index >= 15 is 0 Å². The summed E-state index contributed by atoms with van der Waals surface area (Å²) in [6, 6.07) is 17.8. The quantitative estimate of drug-likeness (QED) is 0.470. The molecule has 4 aromatic rings. The molecule has 6 nitrogen and oxygen atoms in total. The summed E-state index contributed by atoms with van der Waals surface area (Å²) < 4.78 is 2.03. The Bertz CT molecular complexity index is 1190. The predicted octanol–water partition coefficient (Wildman–Crippen LogP) is 3.60. The summed E-state index contributed by atoms with van der Waals surface area (Å²) in [5.74, 6) is 1.08. The molecule has 0 atom stereocenters. The second-order valence-electron chi connectivity index (χ2n) is 8.06. The Balaban J connectivity index is 1.26. The lowest BCUT2D eigenvalue weighted by molar-refractivity contribution is 0.0993. The number of hydrogen-bond acceptors (Lipinski definition) is 5. The van der Waals surface area contributed by atoms with Crippen molar-refractivity contribution < 1.29 is 4.79 Å². The van der Waals surface area contributed by atoms with Crippen LogP contribution in [0.25, 0.3) is 16.7 Å². The lowest BCUT2D eigenvalue weighted by Crippen LogP contribution is -2.44. The van der Waals surface area contributed by atoms with Crippen LogP contribution in [0.3, 0.4) is 0 Å². The van der Waals surface area contributed by atoms with Crippen LogP contribution in [0.15, 0.2) is 73.2 Å². The summed E-state index contributed by atoms with van der Waals surface area (Å²) in [5.41, 5.74) is 3.54. The molecule has 0 radical (unpaired) electrons. The Labute approximate surface area is 181 Å². The lowest BCUT2D eigenvalue weighted by Gasteiger charge is -2.33. The average molecular weight is 412 g/mol. The van der Waals surface area contributed by atoms with Crippen molar-refractivity contribution in [1.82, 2.24) is 19.4 Å². The van der Waals surface area contributed by atoms with Crippen molar-refractivity contribution in [1.29, 1.82) is 0 Å². The van der Waals surface area contributed by atoms with E-state index in [1.165, 1.54) is 0 Å². The van der Waals surface area contributed by atoms with Gasteiger partial charge in [-0.1, -0.05) is 6.07 Å². The van der Waals surface area contributed by atoms with E-state index in [2.05, 4.69) is 26.8 Å². The van der Waals surface area contributed by atoms with Gasteiger partial charge in [0.15, 0.2) is 5.78 Å². The molecule has 0 N–H and O–H groups in total. The van der Waals surface area contributed by atoms with Gasteiger partial charge in [-0.15, -0.1) is 0 Å². The number of Topliss-reactive ketones (excluding diaryl/α,β-unsaturated/α-hetero) is 1. The zero-order valence-corrected chi connectivity index (χ0v) is 17.6. The third-order valence-electron chi connectivity index (χ3n) is 5.92. The van der Waals surface area contributed by atoms with Gasteiger partial charge in [0.2, 0.25) is 0 Å². The number of likely N-dealkylation sites (N-methyl/N-ethyl adjacent to an activating group) is 1. The van der Waals surface area contributed by atoms with E-state index < -0.39 is 0 Å². The third kappa shape index (κ3) is 4.07. The van der Waals surface area contributed by atoms with Crippen LogP contribution in [0.2, 0.25) is 0 Å². The fourth-order valence-corrected chi connectivity index (χ4v) is 4.01. The Morgan fingerprint density at radius 1 is 0.935 bits per heavy atom. The number of hydrogen-bond donors (Lipinski definition) is 0.